The van der Waals surface area contributed by atoms with Crippen LogP contribution in [-0.2, 0) is 9.53 Å². The average Bonchev–Trinajstić information content (AvgIpc) is 2.43. The Labute approximate surface area is 116 Å². The van der Waals surface area contributed by atoms with Gasteiger partial charge in [0, 0.05) is 31.0 Å². The maximum absolute atomic E-state index is 12.9. The topological polar surface area (TPSA) is 55.6 Å². The summed E-state index contributed by atoms with van der Waals surface area (Å²) in [5.74, 6) is 0.258. The quantitative estimate of drug-likeness (QED) is 0.849. The Morgan fingerprint density at radius 2 is 2.16 bits per heavy atom. The lowest BCUT2D eigenvalue weighted by atomic mass is 9.46. The molecular weight excluding hydrogens is 240 g/mol. The highest BCUT2D eigenvalue weighted by molar-refractivity contribution is 5.89. The molecule has 1 saturated heterocycles. The van der Waals surface area contributed by atoms with Gasteiger partial charge in [0.05, 0.1) is 6.10 Å². The predicted octanol–water partition coefficient (Wildman–Crippen LogP) is 1.78. The number of hydrogen-bond acceptors (Lipinski definition) is 3. The van der Waals surface area contributed by atoms with E-state index in [-0.39, 0.29) is 29.4 Å². The lowest BCUT2D eigenvalue weighted by Gasteiger charge is -2.65. The van der Waals surface area contributed by atoms with Crippen LogP contribution in [0.25, 0.3) is 0 Å². The van der Waals surface area contributed by atoms with Crippen LogP contribution in [0.1, 0.15) is 47.0 Å². The number of likely N-dealkylation sites (N-methyl/N-ethyl adjacent to an activating group) is 1. The van der Waals surface area contributed by atoms with Gasteiger partial charge in [-0.05, 0) is 26.2 Å². The van der Waals surface area contributed by atoms with Crippen LogP contribution in [0.2, 0.25) is 0 Å². The maximum Gasteiger partial charge on any atom is 0.243 e. The molecule has 0 bridgehead atoms. The minimum Gasteiger partial charge on any atom is -0.377 e. The van der Waals surface area contributed by atoms with Gasteiger partial charge in [0.1, 0.15) is 5.54 Å². The van der Waals surface area contributed by atoms with Crippen molar-refractivity contribution in [2.24, 2.45) is 17.1 Å². The van der Waals surface area contributed by atoms with E-state index in [2.05, 4.69) is 27.7 Å². The predicted molar refractivity (Wildman–Crippen MR) is 75.7 cm³/mol. The second-order valence-electron chi connectivity index (χ2n) is 6.80. The summed E-state index contributed by atoms with van der Waals surface area (Å²) < 4.78 is 5.85. The fraction of sp³-hybridized carbons (Fsp3) is 0.933. The Morgan fingerprint density at radius 1 is 1.53 bits per heavy atom. The first-order valence-corrected chi connectivity index (χ1v) is 7.46. The number of amides is 1. The second kappa shape index (κ2) is 4.74. The van der Waals surface area contributed by atoms with Crippen molar-refractivity contribution in [1.82, 2.24) is 4.90 Å². The summed E-state index contributed by atoms with van der Waals surface area (Å²) in [6.45, 7) is 9.11. The van der Waals surface area contributed by atoms with Crippen LogP contribution in [0.3, 0.4) is 0 Å². The summed E-state index contributed by atoms with van der Waals surface area (Å²) in [5, 5.41) is 0. The van der Waals surface area contributed by atoms with Crippen molar-refractivity contribution in [2.75, 3.05) is 13.7 Å². The van der Waals surface area contributed by atoms with Crippen LogP contribution in [0.15, 0.2) is 0 Å². The molecule has 4 unspecified atom stereocenters. The molecule has 0 aromatic rings. The van der Waals surface area contributed by atoms with Gasteiger partial charge in [0.15, 0.2) is 0 Å². The summed E-state index contributed by atoms with van der Waals surface area (Å²) in [4.78, 5) is 14.7. The van der Waals surface area contributed by atoms with Crippen LogP contribution < -0.4 is 5.73 Å². The van der Waals surface area contributed by atoms with E-state index in [1.54, 1.807) is 0 Å². The summed E-state index contributed by atoms with van der Waals surface area (Å²) in [5.41, 5.74) is 5.55. The van der Waals surface area contributed by atoms with E-state index in [4.69, 9.17) is 10.5 Å². The first-order valence-electron chi connectivity index (χ1n) is 7.46. The SMILES string of the molecule is CCC(C)N(C)C(=O)C1(N)C2CCCOC2C1(C)C. The van der Waals surface area contributed by atoms with Gasteiger partial charge in [-0.2, -0.15) is 0 Å². The largest absolute Gasteiger partial charge is 0.377 e. The number of ether oxygens (including phenoxy) is 1. The molecule has 19 heavy (non-hydrogen) atoms. The molecule has 2 N–H and O–H groups in total. The van der Waals surface area contributed by atoms with E-state index in [1.807, 2.05) is 11.9 Å². The highest BCUT2D eigenvalue weighted by Gasteiger charge is 2.70. The van der Waals surface area contributed by atoms with E-state index in [0.717, 1.165) is 25.9 Å². The van der Waals surface area contributed by atoms with Gasteiger partial charge in [0.25, 0.3) is 0 Å². The Bertz CT molecular complexity index is 369. The number of carbonyl (C=O) groups is 1. The molecule has 2 rings (SSSR count). The Kier molecular flexibility index (Phi) is 3.69. The molecule has 2 fully saturated rings. The molecule has 1 amide bonds. The molecule has 0 spiro atoms. The second-order valence-corrected chi connectivity index (χ2v) is 6.80. The van der Waals surface area contributed by atoms with Gasteiger partial charge in [0.2, 0.25) is 5.91 Å². The van der Waals surface area contributed by atoms with E-state index in [0.29, 0.717) is 0 Å². The number of rotatable bonds is 3. The van der Waals surface area contributed by atoms with Crippen molar-refractivity contribution < 1.29 is 9.53 Å². The van der Waals surface area contributed by atoms with Crippen molar-refractivity contribution in [3.05, 3.63) is 0 Å². The van der Waals surface area contributed by atoms with Crippen molar-refractivity contribution in [3.8, 4) is 0 Å². The van der Waals surface area contributed by atoms with Crippen LogP contribution in [0, 0.1) is 11.3 Å². The van der Waals surface area contributed by atoms with Gasteiger partial charge < -0.3 is 15.4 Å². The van der Waals surface area contributed by atoms with E-state index >= 15 is 0 Å². The molecule has 4 heteroatoms. The number of fused-ring (bicyclic) bond motifs is 1. The summed E-state index contributed by atoms with van der Waals surface area (Å²) in [7, 11) is 1.87. The van der Waals surface area contributed by atoms with Crippen LogP contribution in [-0.4, -0.2) is 42.1 Å². The zero-order valence-electron chi connectivity index (χ0n) is 12.9. The minimum absolute atomic E-state index is 0.0820. The molecular formula is C15H28N2O2. The third kappa shape index (κ3) is 1.83. The molecule has 1 saturated carbocycles. The zero-order chi connectivity index (χ0) is 14.4. The average molecular weight is 268 g/mol. The molecule has 1 aliphatic heterocycles. The lowest BCUT2D eigenvalue weighted by molar-refractivity contribution is -0.230. The normalized spacial score (nSPS) is 38.0. The fourth-order valence-corrected chi connectivity index (χ4v) is 3.78. The lowest BCUT2D eigenvalue weighted by Crippen LogP contribution is -2.82. The number of hydrogen-bond donors (Lipinski definition) is 1. The minimum atomic E-state index is -0.768. The first-order chi connectivity index (χ1) is 8.78. The molecule has 1 heterocycles. The van der Waals surface area contributed by atoms with E-state index < -0.39 is 5.54 Å². The maximum atomic E-state index is 12.9. The third-order valence-electron chi connectivity index (χ3n) is 5.61. The fourth-order valence-electron chi connectivity index (χ4n) is 3.78. The summed E-state index contributed by atoms with van der Waals surface area (Å²) in [6, 6.07) is 0.229. The number of nitrogens with two attached hydrogens (primary N) is 1. The summed E-state index contributed by atoms with van der Waals surface area (Å²) in [6.07, 6.45) is 3.10. The van der Waals surface area contributed by atoms with Crippen LogP contribution in [0.4, 0.5) is 0 Å². The first kappa shape index (κ1) is 14.8. The molecule has 2 aliphatic rings. The third-order valence-corrected chi connectivity index (χ3v) is 5.61. The van der Waals surface area contributed by atoms with E-state index in [9.17, 15) is 4.79 Å². The molecule has 1 aliphatic carbocycles. The van der Waals surface area contributed by atoms with Crippen molar-refractivity contribution in [1.29, 1.82) is 0 Å². The number of carbonyl (C=O) groups excluding carboxylic acids is 1. The molecule has 0 aromatic heterocycles. The van der Waals surface area contributed by atoms with Crippen LogP contribution in [0.5, 0.6) is 0 Å². The molecule has 4 nitrogen and oxygen atoms in total. The Balaban J connectivity index is 2.24. The number of nitrogens with zero attached hydrogens (tertiary/aromatic N) is 1. The molecule has 0 aromatic carbocycles. The smallest absolute Gasteiger partial charge is 0.243 e. The molecule has 4 atom stereocenters. The van der Waals surface area contributed by atoms with Crippen LogP contribution >= 0.6 is 0 Å². The standard InChI is InChI=1S/C15H28N2O2/c1-6-10(2)17(5)13(18)15(16)11-8-7-9-19-12(11)14(15,3)4/h10-12H,6-9,16H2,1-5H3. The Hall–Kier alpha value is -0.610. The van der Waals surface area contributed by atoms with Gasteiger partial charge >= 0.3 is 0 Å². The summed E-state index contributed by atoms with van der Waals surface area (Å²) >= 11 is 0. The van der Waals surface area contributed by atoms with Crippen molar-refractivity contribution >= 4 is 5.91 Å². The molecule has 0 radical (unpaired) electrons. The van der Waals surface area contributed by atoms with Crippen molar-refractivity contribution in [3.63, 3.8) is 0 Å². The Morgan fingerprint density at radius 3 is 2.74 bits per heavy atom. The van der Waals surface area contributed by atoms with Gasteiger partial charge in [-0.25, -0.2) is 0 Å². The molecule has 110 valence electrons. The van der Waals surface area contributed by atoms with E-state index in [1.165, 1.54) is 0 Å². The highest BCUT2D eigenvalue weighted by Crippen LogP contribution is 2.57. The van der Waals surface area contributed by atoms with Crippen molar-refractivity contribution in [2.45, 2.75) is 64.6 Å². The zero-order valence-corrected chi connectivity index (χ0v) is 12.9. The van der Waals surface area contributed by atoms with Gasteiger partial charge in [-0.15, -0.1) is 0 Å². The monoisotopic (exact) mass is 268 g/mol. The highest BCUT2D eigenvalue weighted by atomic mass is 16.5. The van der Waals surface area contributed by atoms with Gasteiger partial charge in [-0.1, -0.05) is 20.8 Å². The van der Waals surface area contributed by atoms with Gasteiger partial charge in [-0.3, -0.25) is 4.79 Å².